The molecule has 1 aliphatic carbocycles. The van der Waals surface area contributed by atoms with Gasteiger partial charge in [-0.15, -0.1) is 0 Å². The van der Waals surface area contributed by atoms with E-state index in [1.54, 1.807) is 13.8 Å². The number of carboxylic acids is 1. The number of nitrogens with zero attached hydrogens (tertiary/aromatic N) is 1. The van der Waals surface area contributed by atoms with Crippen LogP contribution in [-0.2, 0) is 19.1 Å². The lowest BCUT2D eigenvalue weighted by Gasteiger charge is -2.26. The zero-order valence-corrected chi connectivity index (χ0v) is 16.0. The van der Waals surface area contributed by atoms with Gasteiger partial charge in [0.2, 0.25) is 0 Å². The molecule has 26 heavy (non-hydrogen) atoms. The average molecular weight is 369 g/mol. The van der Waals surface area contributed by atoms with Gasteiger partial charge in [0.05, 0.1) is 0 Å². The summed E-state index contributed by atoms with van der Waals surface area (Å²) in [5.74, 6) is -0.960. The molecule has 7 heteroatoms. The Balaban J connectivity index is 1.98. The Morgan fingerprint density at radius 3 is 2.27 bits per heavy atom. The molecule has 2 fully saturated rings. The number of rotatable bonds is 6. The van der Waals surface area contributed by atoms with Crippen LogP contribution >= 0.6 is 0 Å². The topological polar surface area (TPSA) is 93.1 Å². The monoisotopic (exact) mass is 369 g/mol. The maximum atomic E-state index is 12.5. The predicted molar refractivity (Wildman–Crippen MR) is 94.3 cm³/mol. The molecular weight excluding hydrogens is 338 g/mol. The first-order valence-electron chi connectivity index (χ1n) is 9.65. The molecule has 0 spiro atoms. The van der Waals surface area contributed by atoms with E-state index in [2.05, 4.69) is 0 Å². The molecule has 0 unspecified atom stereocenters. The van der Waals surface area contributed by atoms with Crippen molar-refractivity contribution in [2.45, 2.75) is 78.0 Å². The van der Waals surface area contributed by atoms with Crippen molar-refractivity contribution in [2.24, 2.45) is 17.8 Å². The summed E-state index contributed by atoms with van der Waals surface area (Å²) in [5, 5.41) is 9.51. The Morgan fingerprint density at radius 1 is 1.08 bits per heavy atom. The quantitative estimate of drug-likeness (QED) is 0.570. The zero-order chi connectivity index (χ0) is 19.3. The summed E-state index contributed by atoms with van der Waals surface area (Å²) in [6.45, 7) is 5.17. The molecule has 0 bridgehead atoms. The second-order valence-corrected chi connectivity index (χ2v) is 7.95. The highest BCUT2D eigenvalue weighted by Gasteiger charge is 2.42. The van der Waals surface area contributed by atoms with Crippen molar-refractivity contribution in [3.05, 3.63) is 0 Å². The lowest BCUT2D eigenvalue weighted by Crippen LogP contribution is -2.43. The largest absolute Gasteiger partial charge is 0.480 e. The van der Waals surface area contributed by atoms with E-state index in [1.807, 2.05) is 0 Å². The van der Waals surface area contributed by atoms with Crippen LogP contribution in [0.2, 0.25) is 0 Å². The fraction of sp³-hybridized carbons (Fsp3) is 0.842. The van der Waals surface area contributed by atoms with Crippen LogP contribution in [0.25, 0.3) is 0 Å². The first-order valence-corrected chi connectivity index (χ1v) is 9.65. The molecular formula is C19H31NO6. The Morgan fingerprint density at radius 2 is 1.73 bits per heavy atom. The molecule has 0 aromatic rings. The highest BCUT2D eigenvalue weighted by atomic mass is 16.7. The first-order chi connectivity index (χ1) is 12.3. The molecule has 2 aliphatic rings. The van der Waals surface area contributed by atoms with Gasteiger partial charge in [-0.2, -0.15) is 0 Å². The molecule has 0 radical (unpaired) electrons. The SMILES string of the molecule is CC(=O)O[C@@H](OC(=O)N1C[C@@H](CC2CCCCC2)C[C@H]1C(=O)O)C(C)C. The smallest absolute Gasteiger partial charge is 0.413 e. The second kappa shape index (κ2) is 9.24. The van der Waals surface area contributed by atoms with E-state index in [1.165, 1.54) is 43.9 Å². The molecule has 1 N–H and O–H groups in total. The van der Waals surface area contributed by atoms with Gasteiger partial charge in [-0.1, -0.05) is 46.0 Å². The van der Waals surface area contributed by atoms with Crippen LogP contribution in [-0.4, -0.2) is 46.9 Å². The Labute approximate surface area is 155 Å². The number of hydrogen-bond donors (Lipinski definition) is 1. The average Bonchev–Trinajstić information content (AvgIpc) is 2.99. The minimum atomic E-state index is -1.01. The lowest BCUT2D eigenvalue weighted by molar-refractivity contribution is -0.174. The van der Waals surface area contributed by atoms with Gasteiger partial charge < -0.3 is 14.6 Å². The van der Waals surface area contributed by atoms with Crippen molar-refractivity contribution >= 4 is 18.0 Å². The van der Waals surface area contributed by atoms with Gasteiger partial charge in [-0.3, -0.25) is 9.69 Å². The third kappa shape index (κ3) is 5.61. The van der Waals surface area contributed by atoms with E-state index < -0.39 is 30.4 Å². The zero-order valence-electron chi connectivity index (χ0n) is 16.0. The van der Waals surface area contributed by atoms with Crippen LogP contribution in [0.1, 0.15) is 65.7 Å². The standard InChI is InChI=1S/C19H31NO6/c1-12(2)18(25-13(3)21)26-19(24)20-11-15(10-16(20)17(22)23)9-14-7-5-4-6-8-14/h12,14-16,18H,4-11H2,1-3H3,(H,22,23)/t15-,16-,18-/m0/s1. The maximum Gasteiger partial charge on any atom is 0.413 e. The van der Waals surface area contributed by atoms with Crippen molar-refractivity contribution in [3.63, 3.8) is 0 Å². The number of carboxylic acid groups (broad SMARTS) is 1. The van der Waals surface area contributed by atoms with Crippen LogP contribution in [0.3, 0.4) is 0 Å². The second-order valence-electron chi connectivity index (χ2n) is 7.95. The van der Waals surface area contributed by atoms with Crippen LogP contribution < -0.4 is 0 Å². The number of carbonyl (C=O) groups is 3. The van der Waals surface area contributed by atoms with Gasteiger partial charge in [0.15, 0.2) is 0 Å². The van der Waals surface area contributed by atoms with Crippen molar-refractivity contribution < 1.29 is 29.0 Å². The van der Waals surface area contributed by atoms with E-state index in [9.17, 15) is 19.5 Å². The number of amides is 1. The van der Waals surface area contributed by atoms with Crippen molar-refractivity contribution in [1.29, 1.82) is 0 Å². The summed E-state index contributed by atoms with van der Waals surface area (Å²) in [7, 11) is 0. The predicted octanol–water partition coefficient (Wildman–Crippen LogP) is 3.41. The Hall–Kier alpha value is -1.79. The highest BCUT2D eigenvalue weighted by Crippen LogP contribution is 2.35. The van der Waals surface area contributed by atoms with Crippen LogP contribution in [0.5, 0.6) is 0 Å². The summed E-state index contributed by atoms with van der Waals surface area (Å²) in [5.41, 5.74) is 0. The summed E-state index contributed by atoms with van der Waals surface area (Å²) >= 11 is 0. The normalized spacial score (nSPS) is 25.2. The summed E-state index contributed by atoms with van der Waals surface area (Å²) in [6.07, 6.45) is 5.85. The van der Waals surface area contributed by atoms with Gasteiger partial charge in [0, 0.05) is 19.4 Å². The molecule has 3 atom stereocenters. The molecule has 1 saturated heterocycles. The van der Waals surface area contributed by atoms with Crippen LogP contribution in [0, 0.1) is 17.8 Å². The highest BCUT2D eigenvalue weighted by molar-refractivity contribution is 5.81. The van der Waals surface area contributed by atoms with E-state index in [4.69, 9.17) is 9.47 Å². The number of carbonyl (C=O) groups excluding carboxylic acids is 2. The summed E-state index contributed by atoms with van der Waals surface area (Å²) in [6, 6.07) is -0.874. The van der Waals surface area contributed by atoms with E-state index >= 15 is 0 Å². The molecule has 148 valence electrons. The van der Waals surface area contributed by atoms with Crippen molar-refractivity contribution in [3.8, 4) is 0 Å². The van der Waals surface area contributed by atoms with Gasteiger partial charge in [-0.05, 0) is 24.7 Å². The molecule has 1 aliphatic heterocycles. The molecule has 1 amide bonds. The summed E-state index contributed by atoms with van der Waals surface area (Å²) < 4.78 is 10.3. The lowest BCUT2D eigenvalue weighted by atomic mass is 9.82. The van der Waals surface area contributed by atoms with Crippen LogP contribution in [0.15, 0.2) is 0 Å². The molecule has 1 heterocycles. The molecule has 7 nitrogen and oxygen atoms in total. The third-order valence-corrected chi connectivity index (χ3v) is 5.34. The van der Waals surface area contributed by atoms with Gasteiger partial charge in [-0.25, -0.2) is 9.59 Å². The fourth-order valence-corrected chi connectivity index (χ4v) is 4.05. The minimum Gasteiger partial charge on any atom is -0.480 e. The number of likely N-dealkylation sites (tertiary alicyclic amines) is 1. The molecule has 0 aromatic heterocycles. The number of hydrogen-bond acceptors (Lipinski definition) is 5. The van der Waals surface area contributed by atoms with Gasteiger partial charge in [0.1, 0.15) is 6.04 Å². The molecule has 1 saturated carbocycles. The fourth-order valence-electron chi connectivity index (χ4n) is 4.05. The molecule has 2 rings (SSSR count). The first kappa shape index (κ1) is 20.5. The number of aliphatic carboxylic acids is 1. The van der Waals surface area contributed by atoms with Crippen molar-refractivity contribution in [2.75, 3.05) is 6.54 Å². The van der Waals surface area contributed by atoms with Gasteiger partial charge in [0.25, 0.3) is 6.29 Å². The number of esters is 1. The third-order valence-electron chi connectivity index (χ3n) is 5.34. The molecule has 0 aromatic carbocycles. The minimum absolute atomic E-state index is 0.179. The Kier molecular flexibility index (Phi) is 7.29. The summed E-state index contributed by atoms with van der Waals surface area (Å²) in [4.78, 5) is 36.6. The van der Waals surface area contributed by atoms with Gasteiger partial charge >= 0.3 is 18.0 Å². The van der Waals surface area contributed by atoms with E-state index in [0.29, 0.717) is 18.9 Å². The number of ether oxygens (including phenoxy) is 2. The maximum absolute atomic E-state index is 12.5. The Bertz CT molecular complexity index is 514. The van der Waals surface area contributed by atoms with E-state index in [-0.39, 0.29) is 11.8 Å². The van der Waals surface area contributed by atoms with Crippen molar-refractivity contribution in [1.82, 2.24) is 4.90 Å². The van der Waals surface area contributed by atoms with E-state index in [0.717, 1.165) is 6.42 Å². The van der Waals surface area contributed by atoms with Crippen LogP contribution in [0.4, 0.5) is 4.79 Å².